The van der Waals surface area contributed by atoms with Gasteiger partial charge in [0.25, 0.3) is 5.91 Å². The zero-order valence-electron chi connectivity index (χ0n) is 23.3. The molecule has 0 bridgehead atoms. The van der Waals surface area contributed by atoms with E-state index in [-0.39, 0.29) is 17.0 Å². The Morgan fingerprint density at radius 1 is 0.837 bits per heavy atom. The predicted molar refractivity (Wildman–Crippen MR) is 172 cm³/mol. The van der Waals surface area contributed by atoms with Crippen LogP contribution in [0.1, 0.15) is 37.1 Å². The summed E-state index contributed by atoms with van der Waals surface area (Å²) >= 11 is 7.58. The highest BCUT2D eigenvalue weighted by Crippen LogP contribution is 2.39. The number of carboxylic acid groups (broad SMARTS) is 1. The number of benzene rings is 5. The molecule has 0 spiro atoms. The zero-order valence-corrected chi connectivity index (χ0v) is 24.8. The molecule has 1 unspecified atom stereocenters. The van der Waals surface area contributed by atoms with E-state index in [1.165, 1.54) is 24.9 Å². The molecule has 0 aliphatic rings. The van der Waals surface area contributed by atoms with Crippen LogP contribution in [0.15, 0.2) is 108 Å². The molecule has 0 aromatic heterocycles. The van der Waals surface area contributed by atoms with E-state index < -0.39 is 17.1 Å². The smallest absolute Gasteiger partial charge is 0.336 e. The maximum atomic E-state index is 13.7. The van der Waals surface area contributed by atoms with Gasteiger partial charge in [0.05, 0.1) is 18.4 Å². The average molecular weight is 611 g/mol. The van der Waals surface area contributed by atoms with Crippen molar-refractivity contribution < 1.29 is 24.2 Å². The Hall–Kier alpha value is -4.79. The molecule has 1 atom stereocenters. The molecule has 0 saturated heterocycles. The summed E-state index contributed by atoms with van der Waals surface area (Å²) in [6, 6.07) is 30.0. The Bertz CT molecular complexity index is 1840. The van der Waals surface area contributed by atoms with E-state index >= 15 is 0 Å². The molecule has 5 rings (SSSR count). The fourth-order valence-electron chi connectivity index (χ4n) is 4.72. The first-order valence-corrected chi connectivity index (χ1v) is 14.5. The normalized spacial score (nSPS) is 11.5. The maximum absolute atomic E-state index is 13.7. The maximum Gasteiger partial charge on any atom is 0.336 e. The molecule has 0 aliphatic heterocycles. The lowest BCUT2D eigenvalue weighted by Crippen LogP contribution is -2.19. The Labute approximate surface area is 257 Å². The van der Waals surface area contributed by atoms with E-state index in [0.717, 1.165) is 16.0 Å². The molecule has 7 nitrogen and oxygen atoms in total. The van der Waals surface area contributed by atoms with Crippen molar-refractivity contribution in [1.29, 1.82) is 0 Å². The number of amides is 2. The van der Waals surface area contributed by atoms with E-state index in [2.05, 4.69) is 10.6 Å². The molecule has 5 aromatic carbocycles. The average Bonchev–Trinajstić information content (AvgIpc) is 3.01. The Morgan fingerprint density at radius 2 is 1.53 bits per heavy atom. The van der Waals surface area contributed by atoms with Gasteiger partial charge in [0.2, 0.25) is 5.91 Å². The first kappa shape index (κ1) is 29.7. The third-order valence-corrected chi connectivity index (χ3v) is 8.46. The minimum Gasteiger partial charge on any atom is -0.495 e. The van der Waals surface area contributed by atoms with Crippen molar-refractivity contribution in [3.63, 3.8) is 0 Å². The lowest BCUT2D eigenvalue weighted by Gasteiger charge is -2.19. The molecule has 0 saturated carbocycles. The highest BCUT2D eigenvalue weighted by molar-refractivity contribution is 8.00. The fourth-order valence-corrected chi connectivity index (χ4v) is 5.96. The number of aromatic carboxylic acids is 1. The van der Waals surface area contributed by atoms with Gasteiger partial charge < -0.3 is 20.5 Å². The van der Waals surface area contributed by atoms with Crippen LogP contribution in [0.4, 0.5) is 11.4 Å². The van der Waals surface area contributed by atoms with Gasteiger partial charge in [-0.15, -0.1) is 11.8 Å². The highest BCUT2D eigenvalue weighted by Gasteiger charge is 2.24. The lowest BCUT2D eigenvalue weighted by molar-refractivity contribution is -0.115. The fraction of sp³-hybridized carbons (Fsp3) is 0.0882. The van der Waals surface area contributed by atoms with E-state index in [0.29, 0.717) is 32.9 Å². The molecule has 9 heteroatoms. The molecular formula is C34H27ClN2O5S. The SMILES string of the molecule is COc1cc(Cl)c(C)cc1NC(=O)C(Sc1cccc(NC(=O)c2cccc3cccc(C(=O)O)c23)c1)c1ccccc1. The van der Waals surface area contributed by atoms with Gasteiger partial charge in [0.1, 0.15) is 11.0 Å². The number of hydrogen-bond acceptors (Lipinski definition) is 5. The van der Waals surface area contributed by atoms with Crippen molar-refractivity contribution in [2.24, 2.45) is 0 Å². The molecule has 0 aliphatic carbocycles. The van der Waals surface area contributed by atoms with Gasteiger partial charge >= 0.3 is 5.97 Å². The largest absolute Gasteiger partial charge is 0.495 e. The number of aryl methyl sites for hydroxylation is 1. The molecule has 216 valence electrons. The number of carbonyl (C=O) groups excluding carboxylic acids is 2. The summed E-state index contributed by atoms with van der Waals surface area (Å²) in [6.07, 6.45) is 0. The second-order valence-corrected chi connectivity index (χ2v) is 11.3. The summed E-state index contributed by atoms with van der Waals surface area (Å²) in [5.41, 5.74) is 2.90. The summed E-state index contributed by atoms with van der Waals surface area (Å²) in [5.74, 6) is -1.36. The summed E-state index contributed by atoms with van der Waals surface area (Å²) < 4.78 is 5.44. The van der Waals surface area contributed by atoms with Gasteiger partial charge in [0, 0.05) is 32.6 Å². The first-order valence-electron chi connectivity index (χ1n) is 13.3. The summed E-state index contributed by atoms with van der Waals surface area (Å²) in [6.45, 7) is 1.85. The van der Waals surface area contributed by atoms with Crippen LogP contribution >= 0.6 is 23.4 Å². The number of carbonyl (C=O) groups is 3. The summed E-state index contributed by atoms with van der Waals surface area (Å²) in [5, 5.41) is 16.5. The van der Waals surface area contributed by atoms with Gasteiger partial charge in [-0.3, -0.25) is 9.59 Å². The van der Waals surface area contributed by atoms with E-state index in [9.17, 15) is 19.5 Å². The summed E-state index contributed by atoms with van der Waals surface area (Å²) in [4.78, 5) is 39.7. The van der Waals surface area contributed by atoms with Gasteiger partial charge in [0.15, 0.2) is 0 Å². The van der Waals surface area contributed by atoms with Crippen LogP contribution in [0.2, 0.25) is 5.02 Å². The number of hydrogen-bond donors (Lipinski definition) is 3. The third kappa shape index (κ3) is 6.66. The molecule has 43 heavy (non-hydrogen) atoms. The van der Waals surface area contributed by atoms with Gasteiger partial charge in [-0.2, -0.15) is 0 Å². The molecular weight excluding hydrogens is 584 g/mol. The molecule has 0 fully saturated rings. The lowest BCUT2D eigenvalue weighted by atomic mass is 9.98. The topological polar surface area (TPSA) is 105 Å². The Morgan fingerprint density at radius 3 is 2.23 bits per heavy atom. The number of ether oxygens (including phenoxy) is 1. The minimum absolute atomic E-state index is 0.0526. The number of methoxy groups -OCH3 is 1. The number of nitrogens with one attached hydrogen (secondary N) is 2. The van der Waals surface area contributed by atoms with Gasteiger partial charge in [-0.25, -0.2) is 4.79 Å². The van der Waals surface area contributed by atoms with Crippen molar-refractivity contribution in [3.05, 3.63) is 130 Å². The molecule has 0 heterocycles. The van der Waals surface area contributed by atoms with E-state index in [4.69, 9.17) is 16.3 Å². The number of carboxylic acids is 1. The van der Waals surface area contributed by atoms with Crippen molar-refractivity contribution >= 4 is 63.3 Å². The van der Waals surface area contributed by atoms with Gasteiger partial charge in [-0.1, -0.05) is 72.3 Å². The van der Waals surface area contributed by atoms with Crippen LogP contribution in [0.5, 0.6) is 5.75 Å². The number of halogens is 1. The second kappa shape index (κ2) is 13.0. The third-order valence-electron chi connectivity index (χ3n) is 6.80. The van der Waals surface area contributed by atoms with Crippen LogP contribution in [-0.2, 0) is 4.79 Å². The summed E-state index contributed by atoms with van der Waals surface area (Å²) in [7, 11) is 1.51. The second-order valence-electron chi connectivity index (χ2n) is 9.70. The van der Waals surface area contributed by atoms with Crippen LogP contribution < -0.4 is 15.4 Å². The van der Waals surface area contributed by atoms with Crippen molar-refractivity contribution in [2.75, 3.05) is 17.7 Å². The number of rotatable bonds is 9. The van der Waals surface area contributed by atoms with E-state index in [1.54, 1.807) is 60.7 Å². The Balaban J connectivity index is 1.42. The van der Waals surface area contributed by atoms with E-state index in [1.807, 2.05) is 43.3 Å². The Kier molecular flexibility index (Phi) is 8.99. The van der Waals surface area contributed by atoms with Crippen LogP contribution in [0, 0.1) is 6.92 Å². The van der Waals surface area contributed by atoms with Crippen molar-refractivity contribution in [1.82, 2.24) is 0 Å². The van der Waals surface area contributed by atoms with Crippen molar-refractivity contribution in [3.8, 4) is 5.75 Å². The van der Waals surface area contributed by atoms with Crippen LogP contribution in [0.3, 0.4) is 0 Å². The van der Waals surface area contributed by atoms with Crippen LogP contribution in [0.25, 0.3) is 10.8 Å². The first-order chi connectivity index (χ1) is 20.7. The standard InChI is InChI=1S/C34H27ClN2O5S/c1-20-17-28(29(42-2)19-27(20)35)37-33(39)31(22-9-4-3-5-10-22)43-24-14-8-13-23(18-24)36-32(38)25-15-6-11-21-12-7-16-26(30(21)25)34(40)41/h3-19,31H,1-2H3,(H,36,38)(H,37,39)(H,40,41). The number of fused-ring (bicyclic) bond motifs is 1. The quantitative estimate of drug-likeness (QED) is 0.145. The number of thioether (sulfide) groups is 1. The molecule has 0 radical (unpaired) electrons. The molecule has 2 amide bonds. The van der Waals surface area contributed by atoms with Gasteiger partial charge in [-0.05, 0) is 59.8 Å². The zero-order chi connectivity index (χ0) is 30.5. The highest BCUT2D eigenvalue weighted by atomic mass is 35.5. The monoisotopic (exact) mass is 610 g/mol. The predicted octanol–water partition coefficient (Wildman–Crippen LogP) is 8.23. The van der Waals surface area contributed by atoms with Crippen LogP contribution in [-0.4, -0.2) is 30.0 Å². The molecule has 3 N–H and O–H groups in total. The number of anilines is 2. The molecule has 5 aromatic rings. The minimum atomic E-state index is -1.11. The van der Waals surface area contributed by atoms with Crippen molar-refractivity contribution in [2.45, 2.75) is 17.1 Å².